The van der Waals surface area contributed by atoms with Crippen LogP contribution in [-0.4, -0.2) is 40.7 Å². The topological polar surface area (TPSA) is 50.2 Å². The normalized spacial score (nSPS) is 14.8. The Kier molecular flexibility index (Phi) is 11.8. The van der Waals surface area contributed by atoms with Crippen molar-refractivity contribution < 1.29 is 29.6 Å². The van der Waals surface area contributed by atoms with E-state index in [1.54, 1.807) is 13.8 Å². The largest absolute Gasteiger partial charge is 0.393 e. The second-order valence-electron chi connectivity index (χ2n) is 14.0. The van der Waals surface area contributed by atoms with E-state index in [2.05, 4.69) is 180 Å². The minimum atomic E-state index is -0.375. The molecule has 1 heterocycles. The van der Waals surface area contributed by atoms with Crippen LogP contribution in [0, 0.1) is 6.07 Å². The van der Waals surface area contributed by atoms with Crippen LogP contribution in [0.25, 0.3) is 0 Å². The molecule has 1 saturated heterocycles. The van der Waals surface area contributed by atoms with Crippen LogP contribution in [0.4, 0.5) is 22.7 Å². The molecule has 0 aromatic heterocycles. The Morgan fingerprint density at radius 2 is 1.22 bits per heavy atom. The van der Waals surface area contributed by atoms with Crippen LogP contribution in [0.15, 0.2) is 103 Å². The van der Waals surface area contributed by atoms with Crippen LogP contribution < -0.4 is 14.4 Å². The minimum Gasteiger partial charge on any atom is -0.393 e. The first kappa shape index (κ1) is 35.7. The summed E-state index contributed by atoms with van der Waals surface area (Å²) >= 11 is 2.45. The zero-order chi connectivity index (χ0) is 33.6. The van der Waals surface area contributed by atoms with Crippen molar-refractivity contribution in [3.8, 4) is 0 Å². The van der Waals surface area contributed by atoms with Crippen molar-refractivity contribution in [3.05, 3.63) is 120 Å². The summed E-state index contributed by atoms with van der Waals surface area (Å²) in [4.78, 5) is 7.08. The fourth-order valence-electron chi connectivity index (χ4n) is 5.39. The monoisotopic (exact) mass is 794 g/mol. The number of nitrogens with zero attached hydrogens (tertiary/aromatic N) is 3. The second kappa shape index (κ2) is 15.2. The SMILES string of the molecule is CC(C)(C)c1ccc(N(B2[B]N(c3ccccc3)[C](=[Pt])N2c2[c-]cccc2)c2ccc(C(C)(C)C)cc2)cc1.CC(O)CC(C)O. The van der Waals surface area contributed by atoms with Crippen molar-refractivity contribution in [2.45, 2.75) is 84.8 Å². The summed E-state index contributed by atoms with van der Waals surface area (Å²) in [6, 6.07) is 40.4. The summed E-state index contributed by atoms with van der Waals surface area (Å²) in [5.41, 5.74) is 7.30. The van der Waals surface area contributed by atoms with Crippen molar-refractivity contribution >= 4 is 41.1 Å². The minimum absolute atomic E-state index is 0.0928. The molecule has 0 amide bonds. The van der Waals surface area contributed by atoms with Crippen molar-refractivity contribution in [1.29, 1.82) is 0 Å². The molecular weight excluding hydrogens is 747 g/mol. The van der Waals surface area contributed by atoms with Crippen LogP contribution in [0.2, 0.25) is 0 Å². The van der Waals surface area contributed by atoms with Gasteiger partial charge in [0.15, 0.2) is 0 Å². The van der Waals surface area contributed by atoms with Gasteiger partial charge in [-0.05, 0) is 20.3 Å². The summed E-state index contributed by atoms with van der Waals surface area (Å²) < 4.78 is 1.11. The first-order chi connectivity index (χ1) is 21.7. The van der Waals surface area contributed by atoms with Crippen molar-refractivity contribution in [1.82, 2.24) is 0 Å². The first-order valence-electron chi connectivity index (χ1n) is 16.0. The van der Waals surface area contributed by atoms with Gasteiger partial charge in [0.1, 0.15) is 0 Å². The van der Waals surface area contributed by atoms with Gasteiger partial charge in [-0.3, -0.25) is 0 Å². The summed E-state index contributed by atoms with van der Waals surface area (Å²) in [6.07, 6.45) is -0.278. The third-order valence-corrected chi connectivity index (χ3v) is 8.97. The Hall–Kier alpha value is -3.11. The fourth-order valence-corrected chi connectivity index (χ4v) is 6.43. The van der Waals surface area contributed by atoms with Crippen LogP contribution in [0.3, 0.4) is 0 Å². The molecule has 46 heavy (non-hydrogen) atoms. The number of benzene rings is 4. The molecule has 0 bridgehead atoms. The molecule has 2 atom stereocenters. The molecule has 2 unspecified atom stereocenters. The maximum absolute atomic E-state index is 8.56. The number of anilines is 4. The van der Waals surface area contributed by atoms with Gasteiger partial charge in [0.25, 0.3) is 0 Å². The van der Waals surface area contributed by atoms with E-state index in [1.165, 1.54) is 11.1 Å². The van der Waals surface area contributed by atoms with E-state index in [0.29, 0.717) is 6.42 Å². The smallest absolute Gasteiger partial charge is 0.0536 e. The molecule has 1 fully saturated rings. The Morgan fingerprint density at radius 1 is 0.739 bits per heavy atom. The van der Waals surface area contributed by atoms with E-state index in [1.807, 2.05) is 12.1 Å². The predicted molar refractivity (Wildman–Crippen MR) is 194 cm³/mol. The molecule has 5 nitrogen and oxygen atoms in total. The van der Waals surface area contributed by atoms with Gasteiger partial charge < -0.3 is 10.2 Å². The maximum Gasteiger partial charge on any atom is 0.0536 e. The zero-order valence-electron chi connectivity index (χ0n) is 28.4. The molecule has 1 aliphatic heterocycles. The molecule has 0 aliphatic carbocycles. The molecule has 243 valence electrons. The van der Waals surface area contributed by atoms with Gasteiger partial charge in [0.2, 0.25) is 0 Å². The van der Waals surface area contributed by atoms with Gasteiger partial charge in [-0.1, -0.05) is 0 Å². The number of aliphatic hydroxyl groups excluding tert-OH is 2. The van der Waals surface area contributed by atoms with Crippen LogP contribution >= 0.6 is 0 Å². The van der Waals surface area contributed by atoms with Gasteiger partial charge in [-0.15, -0.1) is 0 Å². The van der Waals surface area contributed by atoms with Crippen molar-refractivity contribution in [2.75, 3.05) is 14.4 Å². The van der Waals surface area contributed by atoms with Crippen LogP contribution in [0.1, 0.15) is 72.9 Å². The first-order valence-corrected chi connectivity index (χ1v) is 17.1. The van der Waals surface area contributed by atoms with Gasteiger partial charge in [0, 0.05) is 0 Å². The van der Waals surface area contributed by atoms with Gasteiger partial charge in [-0.2, -0.15) is 0 Å². The molecule has 1 aliphatic rings. The number of hydrogen-bond acceptors (Lipinski definition) is 5. The van der Waals surface area contributed by atoms with E-state index in [0.717, 1.165) is 26.9 Å². The number of rotatable bonds is 7. The molecule has 8 heteroatoms. The average Bonchev–Trinajstić information content (AvgIpc) is 3.33. The maximum atomic E-state index is 8.56. The predicted octanol–water partition coefficient (Wildman–Crippen LogP) is 7.62. The Balaban J connectivity index is 0.000000617. The third kappa shape index (κ3) is 9.03. The van der Waals surface area contributed by atoms with Gasteiger partial charge in [0.05, 0.1) is 12.2 Å². The van der Waals surface area contributed by atoms with Gasteiger partial charge in [-0.25, -0.2) is 0 Å². The molecule has 4 aromatic rings. The summed E-state index contributed by atoms with van der Waals surface area (Å²) in [5, 5.41) is 17.1. The second-order valence-corrected chi connectivity index (χ2v) is 15.0. The van der Waals surface area contributed by atoms with E-state index in [9.17, 15) is 0 Å². The third-order valence-electron chi connectivity index (χ3n) is 7.87. The Bertz CT molecular complexity index is 1470. The van der Waals surface area contributed by atoms with E-state index in [4.69, 9.17) is 10.2 Å². The van der Waals surface area contributed by atoms with Crippen LogP contribution in [-0.2, 0) is 30.2 Å². The molecular formula is C38H47B2N3O2Pt-. The van der Waals surface area contributed by atoms with Gasteiger partial charge >= 0.3 is 248 Å². The molecule has 0 spiro atoms. The Labute approximate surface area is 289 Å². The standard InChI is InChI=1S/C33H35B2N3.C5H12O2.Pt/c1-32(2,3)26-17-21-30(22-18-26)38(31-23-19-27(20-24-31)33(4,5)6)35-34-36(28-13-9-7-10-14-28)25-37(35)29-15-11-8-12-16-29;1-4(6)3-5(2)7;/h7-15,17-24H,1-6H3;4-7H,3H2,1-2H3;/q-1;;. The van der Waals surface area contributed by atoms with E-state index >= 15 is 0 Å². The van der Waals surface area contributed by atoms with Crippen LogP contribution in [0.5, 0.6) is 0 Å². The molecule has 0 saturated carbocycles. The fraction of sp³-hybridized carbons (Fsp3) is 0.342. The number of para-hydroxylation sites is 2. The summed E-state index contributed by atoms with van der Waals surface area (Å²) in [5.74, 6) is 0. The molecule has 4 aromatic carbocycles. The number of hydrogen-bond donors (Lipinski definition) is 2. The van der Waals surface area contributed by atoms with Crippen molar-refractivity contribution in [2.24, 2.45) is 0 Å². The molecule has 5 rings (SSSR count). The molecule has 2 N–H and O–H groups in total. The zero-order valence-corrected chi connectivity index (χ0v) is 30.7. The average molecular weight is 795 g/mol. The number of aliphatic hydroxyl groups is 2. The quantitative estimate of drug-likeness (QED) is 0.149. The Morgan fingerprint density at radius 3 is 1.61 bits per heavy atom. The summed E-state index contributed by atoms with van der Waals surface area (Å²) in [7, 11) is 2.31. The van der Waals surface area contributed by atoms with E-state index in [-0.39, 0.29) is 29.9 Å². The molecule has 1 radical (unpaired) electrons. The summed E-state index contributed by atoms with van der Waals surface area (Å²) in [6.45, 7) is 16.8. The van der Waals surface area contributed by atoms with Crippen molar-refractivity contribution in [3.63, 3.8) is 0 Å². The van der Waals surface area contributed by atoms with E-state index < -0.39 is 0 Å².